The lowest BCUT2D eigenvalue weighted by atomic mass is 9.98. The van der Waals surface area contributed by atoms with Gasteiger partial charge in [0.1, 0.15) is 55.4 Å². The van der Waals surface area contributed by atoms with Crippen LogP contribution in [0.5, 0.6) is 0 Å². The van der Waals surface area contributed by atoms with Crippen molar-refractivity contribution < 1.29 is 73.8 Å². The Morgan fingerprint density at radius 1 is 0.517 bits per heavy atom. The maximum Gasteiger partial charge on any atom is 0.306 e. The van der Waals surface area contributed by atoms with E-state index in [-0.39, 0.29) is 26.1 Å². The van der Waals surface area contributed by atoms with Crippen LogP contribution >= 0.6 is 0 Å². The number of aliphatic hydroxyl groups excluding tert-OH is 7. The van der Waals surface area contributed by atoms with E-state index in [2.05, 4.69) is 26.0 Å². The van der Waals surface area contributed by atoms with E-state index in [4.69, 9.17) is 28.4 Å². The molecule has 0 saturated carbocycles. The third kappa shape index (κ3) is 22.5. The van der Waals surface area contributed by atoms with Crippen LogP contribution in [-0.4, -0.2) is 142 Å². The summed E-state index contributed by atoms with van der Waals surface area (Å²) in [7, 11) is 0. The normalized spacial score (nSPS) is 27.6. The van der Waals surface area contributed by atoms with Crippen LogP contribution in [0.15, 0.2) is 12.2 Å². The number of carbonyl (C=O) groups excluding carboxylic acids is 2. The Morgan fingerprint density at radius 3 is 1.48 bits per heavy atom. The first kappa shape index (κ1) is 54.4. The summed E-state index contributed by atoms with van der Waals surface area (Å²) in [5, 5.41) is 71.8. The van der Waals surface area contributed by atoms with Crippen LogP contribution in [0.25, 0.3) is 0 Å². The molecule has 15 heteroatoms. The molecule has 352 valence electrons. The monoisotopic (exact) mass is 863 g/mol. The zero-order chi connectivity index (χ0) is 44.0. The molecule has 2 saturated heterocycles. The third-order valence-electron chi connectivity index (χ3n) is 11.2. The van der Waals surface area contributed by atoms with Gasteiger partial charge in [-0.1, -0.05) is 129 Å². The lowest BCUT2D eigenvalue weighted by Crippen LogP contribution is -2.61. The van der Waals surface area contributed by atoms with Crippen molar-refractivity contribution in [2.24, 2.45) is 0 Å². The highest BCUT2D eigenvalue weighted by atomic mass is 16.7. The minimum atomic E-state index is -1.76. The van der Waals surface area contributed by atoms with Gasteiger partial charge >= 0.3 is 11.9 Å². The second-order valence-electron chi connectivity index (χ2n) is 16.6. The van der Waals surface area contributed by atoms with Gasteiger partial charge in [0, 0.05) is 12.8 Å². The van der Waals surface area contributed by atoms with Crippen LogP contribution in [-0.2, 0) is 38.0 Å². The molecule has 2 rings (SSSR count). The van der Waals surface area contributed by atoms with Crippen molar-refractivity contribution in [3.63, 3.8) is 0 Å². The number of unbranched alkanes of at least 4 members (excludes halogenated alkanes) is 19. The summed E-state index contributed by atoms with van der Waals surface area (Å²) in [6, 6.07) is 0. The minimum Gasteiger partial charge on any atom is -0.462 e. The Bertz CT molecular complexity index is 1110. The highest BCUT2D eigenvalue weighted by molar-refractivity contribution is 5.70. The average Bonchev–Trinajstić information content (AvgIpc) is 3.24. The molecular weight excluding hydrogens is 780 g/mol. The van der Waals surface area contributed by atoms with E-state index in [0.29, 0.717) is 12.8 Å². The summed E-state index contributed by atoms with van der Waals surface area (Å²) in [5.41, 5.74) is 0. The Hall–Kier alpha value is -1.76. The number of hydrogen-bond acceptors (Lipinski definition) is 15. The number of ether oxygens (including phenoxy) is 6. The molecule has 0 aromatic heterocycles. The quantitative estimate of drug-likeness (QED) is 0.0252. The van der Waals surface area contributed by atoms with E-state index < -0.39 is 92.7 Å². The van der Waals surface area contributed by atoms with Gasteiger partial charge in [-0.15, -0.1) is 0 Å². The van der Waals surface area contributed by atoms with Gasteiger partial charge in [-0.05, 0) is 38.5 Å². The Kier molecular flexibility index (Phi) is 30.6. The molecule has 0 aliphatic carbocycles. The van der Waals surface area contributed by atoms with Crippen LogP contribution < -0.4 is 0 Å². The summed E-state index contributed by atoms with van der Waals surface area (Å²) in [5.74, 6) is -0.932. The van der Waals surface area contributed by atoms with Crippen molar-refractivity contribution in [2.45, 2.75) is 235 Å². The minimum absolute atomic E-state index is 0.158. The molecule has 0 spiro atoms. The van der Waals surface area contributed by atoms with E-state index in [1.807, 2.05) is 0 Å². The molecule has 11 unspecified atom stereocenters. The average molecular weight is 863 g/mol. The zero-order valence-electron chi connectivity index (χ0n) is 36.7. The van der Waals surface area contributed by atoms with Gasteiger partial charge in [-0.2, -0.15) is 0 Å². The Balaban J connectivity index is 1.86. The van der Waals surface area contributed by atoms with Crippen molar-refractivity contribution in [1.82, 2.24) is 0 Å². The second-order valence-corrected chi connectivity index (χ2v) is 16.6. The predicted molar refractivity (Wildman–Crippen MR) is 224 cm³/mol. The topological polar surface area (TPSA) is 231 Å². The van der Waals surface area contributed by atoms with Crippen molar-refractivity contribution in [2.75, 3.05) is 26.4 Å². The summed E-state index contributed by atoms with van der Waals surface area (Å²) in [6.07, 6.45) is 12.5. The molecule has 2 aliphatic heterocycles. The van der Waals surface area contributed by atoms with Gasteiger partial charge in [0.25, 0.3) is 0 Å². The Morgan fingerprint density at radius 2 is 0.950 bits per heavy atom. The number of esters is 2. The number of rotatable bonds is 35. The van der Waals surface area contributed by atoms with Gasteiger partial charge in [-0.3, -0.25) is 9.59 Å². The van der Waals surface area contributed by atoms with Gasteiger partial charge in [-0.25, -0.2) is 0 Å². The fourth-order valence-corrected chi connectivity index (χ4v) is 7.33. The molecule has 2 fully saturated rings. The maximum absolute atomic E-state index is 12.9. The summed E-state index contributed by atoms with van der Waals surface area (Å²) in [6.45, 7) is 2.54. The van der Waals surface area contributed by atoms with E-state index >= 15 is 0 Å². The van der Waals surface area contributed by atoms with Crippen LogP contribution in [0.3, 0.4) is 0 Å². The molecule has 15 nitrogen and oxygen atoms in total. The van der Waals surface area contributed by atoms with E-state index in [1.54, 1.807) is 0 Å². The maximum atomic E-state index is 12.9. The van der Waals surface area contributed by atoms with E-state index in [9.17, 15) is 45.3 Å². The molecule has 0 bridgehead atoms. The lowest BCUT2D eigenvalue weighted by Gasteiger charge is -2.42. The van der Waals surface area contributed by atoms with Gasteiger partial charge < -0.3 is 64.2 Å². The summed E-state index contributed by atoms with van der Waals surface area (Å²) < 4.78 is 33.4. The number of carbonyl (C=O) groups is 2. The fraction of sp³-hybridized carbons (Fsp3) is 0.911. The molecule has 7 N–H and O–H groups in total. The van der Waals surface area contributed by atoms with Crippen molar-refractivity contribution in [1.29, 1.82) is 0 Å². The SMILES string of the molecule is CCCCCC/C=C\CCCCCCCC(=O)OC(COC(=O)CCCCCCCCCCCCC)COC1OC(COC2OC(CO)C(O)C(O)C2O)C(O)C(O)C1O. The summed E-state index contributed by atoms with van der Waals surface area (Å²) in [4.78, 5) is 25.6. The van der Waals surface area contributed by atoms with Crippen LogP contribution in [0.2, 0.25) is 0 Å². The zero-order valence-corrected chi connectivity index (χ0v) is 36.7. The van der Waals surface area contributed by atoms with Crippen molar-refractivity contribution >= 4 is 11.9 Å². The highest BCUT2D eigenvalue weighted by Gasteiger charge is 2.47. The van der Waals surface area contributed by atoms with Crippen LogP contribution in [0, 0.1) is 0 Å². The smallest absolute Gasteiger partial charge is 0.306 e. The molecular formula is C45H82O15. The van der Waals surface area contributed by atoms with E-state index in [0.717, 1.165) is 57.8 Å². The molecule has 2 aliphatic rings. The fourth-order valence-electron chi connectivity index (χ4n) is 7.33. The van der Waals surface area contributed by atoms with Crippen LogP contribution in [0.4, 0.5) is 0 Å². The van der Waals surface area contributed by atoms with Crippen molar-refractivity contribution in [3.8, 4) is 0 Å². The van der Waals surface area contributed by atoms with Crippen molar-refractivity contribution in [3.05, 3.63) is 12.2 Å². The largest absolute Gasteiger partial charge is 0.462 e. The molecule has 0 radical (unpaired) electrons. The first-order valence-corrected chi connectivity index (χ1v) is 23.3. The third-order valence-corrected chi connectivity index (χ3v) is 11.2. The lowest BCUT2D eigenvalue weighted by molar-refractivity contribution is -0.332. The molecule has 60 heavy (non-hydrogen) atoms. The first-order chi connectivity index (χ1) is 29.0. The van der Waals surface area contributed by atoms with Gasteiger partial charge in [0.2, 0.25) is 0 Å². The van der Waals surface area contributed by atoms with E-state index in [1.165, 1.54) is 70.6 Å². The Labute approximate surface area is 359 Å². The van der Waals surface area contributed by atoms with Crippen LogP contribution in [0.1, 0.15) is 168 Å². The number of aliphatic hydroxyl groups is 7. The molecule has 11 atom stereocenters. The first-order valence-electron chi connectivity index (χ1n) is 23.3. The number of allylic oxidation sites excluding steroid dienone is 2. The second kappa shape index (κ2) is 33.8. The standard InChI is InChI=1S/C45H82O15/c1-3-5-7-9-11-13-15-16-18-20-22-24-26-28-37(48)58-33(30-55-36(47)27-25-23-21-19-17-14-12-10-8-6-4-2)31-56-44-43(54)41(52)39(50)35(60-44)32-57-45-42(53)40(51)38(49)34(29-46)59-45/h13,15,33-35,38-46,49-54H,3-12,14,16-32H2,1-2H3/b15-13-. The van der Waals surface area contributed by atoms with Gasteiger partial charge in [0.05, 0.1) is 19.8 Å². The molecule has 0 aromatic rings. The molecule has 2 heterocycles. The predicted octanol–water partition coefficient (Wildman–Crippen LogP) is 5.04. The summed E-state index contributed by atoms with van der Waals surface area (Å²) >= 11 is 0. The van der Waals surface area contributed by atoms with Gasteiger partial charge in [0.15, 0.2) is 18.7 Å². The molecule has 0 aromatic carbocycles. The highest BCUT2D eigenvalue weighted by Crippen LogP contribution is 2.26. The number of hydrogen-bond donors (Lipinski definition) is 7. The molecule has 0 amide bonds.